The normalized spacial score (nSPS) is 20.9. The second kappa shape index (κ2) is 4.36. The van der Waals surface area contributed by atoms with Gasteiger partial charge in [0, 0.05) is 11.3 Å². The summed E-state index contributed by atoms with van der Waals surface area (Å²) in [4.78, 5) is 41.0. The molecule has 1 amide bonds. The Labute approximate surface area is 132 Å². The molecule has 0 saturated heterocycles. The van der Waals surface area contributed by atoms with E-state index in [1.807, 2.05) is 4.98 Å². The molecule has 4 rings (SSSR count). The number of ether oxygens (including phenoxy) is 1. The Hall–Kier alpha value is -3.80. The third-order valence-electron chi connectivity index (χ3n) is 4.10. The molecule has 0 bridgehead atoms. The SMILES string of the molecule is N#CC1=C(O)Oc2[nH]c(=O)[nH]c(=O)c2C12C(=O)Nc1ccccc12. The van der Waals surface area contributed by atoms with E-state index in [2.05, 4.69) is 10.3 Å². The van der Waals surface area contributed by atoms with Crippen molar-refractivity contribution in [1.82, 2.24) is 9.97 Å². The molecule has 0 aliphatic carbocycles. The molecule has 118 valence electrons. The minimum Gasteiger partial charge on any atom is -0.480 e. The van der Waals surface area contributed by atoms with E-state index >= 15 is 0 Å². The maximum atomic E-state index is 12.8. The van der Waals surface area contributed by atoms with Crippen LogP contribution in [0.25, 0.3) is 0 Å². The fourth-order valence-electron chi connectivity index (χ4n) is 3.20. The van der Waals surface area contributed by atoms with Crippen LogP contribution >= 0.6 is 0 Å². The van der Waals surface area contributed by atoms with Crippen molar-refractivity contribution in [3.05, 3.63) is 67.7 Å². The number of aliphatic hydroxyl groups is 1. The van der Waals surface area contributed by atoms with Gasteiger partial charge in [0.2, 0.25) is 11.8 Å². The van der Waals surface area contributed by atoms with Gasteiger partial charge in [-0.25, -0.2) is 4.79 Å². The predicted octanol–water partition coefficient (Wildman–Crippen LogP) is -0.0130. The zero-order valence-corrected chi connectivity index (χ0v) is 11.8. The van der Waals surface area contributed by atoms with Crippen LogP contribution in [-0.2, 0) is 10.2 Å². The van der Waals surface area contributed by atoms with E-state index < -0.39 is 34.1 Å². The topological polar surface area (TPSA) is 148 Å². The number of aromatic nitrogens is 2. The molecular weight excluding hydrogens is 316 g/mol. The largest absolute Gasteiger partial charge is 0.480 e. The highest BCUT2D eigenvalue weighted by molar-refractivity contribution is 6.12. The van der Waals surface area contributed by atoms with E-state index in [-0.39, 0.29) is 11.4 Å². The minimum absolute atomic E-state index is 0.265. The Morgan fingerprint density at radius 2 is 1.92 bits per heavy atom. The lowest BCUT2D eigenvalue weighted by atomic mass is 9.70. The number of benzene rings is 1. The minimum atomic E-state index is -1.90. The number of para-hydroxylation sites is 1. The van der Waals surface area contributed by atoms with Crippen LogP contribution in [0.1, 0.15) is 11.1 Å². The van der Waals surface area contributed by atoms with Crippen LogP contribution in [0.15, 0.2) is 45.4 Å². The number of nitrogens with one attached hydrogen (secondary N) is 3. The van der Waals surface area contributed by atoms with Gasteiger partial charge in [-0.05, 0) is 6.07 Å². The van der Waals surface area contributed by atoms with E-state index in [0.717, 1.165) is 0 Å². The van der Waals surface area contributed by atoms with Gasteiger partial charge in [-0.1, -0.05) is 18.2 Å². The molecule has 9 nitrogen and oxygen atoms in total. The first-order chi connectivity index (χ1) is 11.5. The molecule has 0 radical (unpaired) electrons. The quantitative estimate of drug-likeness (QED) is 0.535. The number of nitrogens with zero attached hydrogens (tertiary/aromatic N) is 1. The summed E-state index contributed by atoms with van der Waals surface area (Å²) in [6.07, 6.45) is 0. The number of fused-ring (bicyclic) bond motifs is 4. The van der Waals surface area contributed by atoms with Crippen LogP contribution in [-0.4, -0.2) is 21.0 Å². The zero-order valence-electron chi connectivity index (χ0n) is 11.8. The van der Waals surface area contributed by atoms with E-state index in [9.17, 15) is 24.8 Å². The Balaban J connectivity index is 2.24. The van der Waals surface area contributed by atoms with Crippen molar-refractivity contribution in [3.63, 3.8) is 0 Å². The highest BCUT2D eigenvalue weighted by Gasteiger charge is 2.58. The Morgan fingerprint density at radius 1 is 1.17 bits per heavy atom. The average Bonchev–Trinajstić information content (AvgIpc) is 2.80. The van der Waals surface area contributed by atoms with Crippen LogP contribution in [0.3, 0.4) is 0 Å². The van der Waals surface area contributed by atoms with Gasteiger partial charge in [-0.3, -0.25) is 19.6 Å². The second-order valence-electron chi connectivity index (χ2n) is 5.26. The van der Waals surface area contributed by atoms with Gasteiger partial charge in [-0.2, -0.15) is 5.26 Å². The van der Waals surface area contributed by atoms with E-state index in [1.165, 1.54) is 0 Å². The molecule has 0 saturated carbocycles. The molecule has 1 atom stereocenters. The van der Waals surface area contributed by atoms with Gasteiger partial charge in [-0.15, -0.1) is 0 Å². The predicted molar refractivity (Wildman–Crippen MR) is 79.4 cm³/mol. The lowest BCUT2D eigenvalue weighted by Crippen LogP contribution is -2.47. The number of H-pyrrole nitrogens is 2. The van der Waals surface area contributed by atoms with Crippen LogP contribution in [0, 0.1) is 11.3 Å². The van der Waals surface area contributed by atoms with E-state index in [0.29, 0.717) is 11.3 Å². The number of anilines is 1. The van der Waals surface area contributed by atoms with Gasteiger partial charge in [0.15, 0.2) is 5.41 Å². The van der Waals surface area contributed by atoms with Crippen molar-refractivity contribution in [1.29, 1.82) is 5.26 Å². The maximum absolute atomic E-state index is 12.8. The van der Waals surface area contributed by atoms with Crippen LogP contribution in [0.5, 0.6) is 5.88 Å². The summed E-state index contributed by atoms with van der Waals surface area (Å²) in [5.74, 6) is -1.93. The van der Waals surface area contributed by atoms with E-state index in [4.69, 9.17) is 4.74 Å². The number of carbonyl (C=O) groups excluding carboxylic acids is 1. The molecular formula is C15H8N4O5. The summed E-state index contributed by atoms with van der Waals surface area (Å²) >= 11 is 0. The molecule has 9 heteroatoms. The number of aromatic amines is 2. The summed E-state index contributed by atoms with van der Waals surface area (Å²) in [5, 5.41) is 22.2. The third kappa shape index (κ3) is 1.44. The van der Waals surface area contributed by atoms with Crippen molar-refractivity contribution < 1.29 is 14.6 Å². The van der Waals surface area contributed by atoms with Gasteiger partial charge in [0.25, 0.3) is 11.5 Å². The Kier molecular flexibility index (Phi) is 2.51. The lowest BCUT2D eigenvalue weighted by molar-refractivity contribution is -0.118. The summed E-state index contributed by atoms with van der Waals surface area (Å²) in [6.45, 7) is 0. The smallest absolute Gasteiger partial charge is 0.328 e. The number of nitriles is 1. The van der Waals surface area contributed by atoms with Gasteiger partial charge >= 0.3 is 5.69 Å². The average molecular weight is 324 g/mol. The molecule has 24 heavy (non-hydrogen) atoms. The highest BCUT2D eigenvalue weighted by atomic mass is 16.6. The molecule has 1 spiro atoms. The number of rotatable bonds is 0. The van der Waals surface area contributed by atoms with Crippen molar-refractivity contribution >= 4 is 11.6 Å². The molecule has 1 aromatic heterocycles. The first-order valence-corrected chi connectivity index (χ1v) is 6.80. The fraction of sp³-hybridized carbons (Fsp3) is 0.0667. The molecule has 2 aliphatic rings. The van der Waals surface area contributed by atoms with Gasteiger partial charge in [0.1, 0.15) is 17.2 Å². The number of hydrogen-bond donors (Lipinski definition) is 4. The van der Waals surface area contributed by atoms with Crippen molar-refractivity contribution in [2.24, 2.45) is 0 Å². The second-order valence-corrected chi connectivity index (χ2v) is 5.26. The molecule has 2 aliphatic heterocycles. The first-order valence-electron chi connectivity index (χ1n) is 6.80. The number of carbonyl (C=O) groups is 1. The van der Waals surface area contributed by atoms with E-state index in [1.54, 1.807) is 30.3 Å². The highest BCUT2D eigenvalue weighted by Crippen LogP contribution is 2.51. The number of hydrogen-bond acceptors (Lipinski definition) is 6. The van der Waals surface area contributed by atoms with Crippen molar-refractivity contribution in [2.45, 2.75) is 5.41 Å². The standard InChI is InChI=1S/C15H8N4O5/c16-5-7-12(21)24-11-9(10(20)18-14(23)19-11)15(7)6-3-1-2-4-8(6)17-13(15)22/h1-4,21H,(H,17,22)(H2,18,19,20,23). The number of amides is 1. The number of aliphatic hydroxyl groups excluding tert-OH is 1. The summed E-state index contributed by atoms with van der Waals surface area (Å²) in [7, 11) is 0. The van der Waals surface area contributed by atoms with Crippen LogP contribution in [0.2, 0.25) is 0 Å². The van der Waals surface area contributed by atoms with Gasteiger partial charge in [0.05, 0.1) is 0 Å². The zero-order chi connectivity index (χ0) is 17.1. The van der Waals surface area contributed by atoms with Crippen molar-refractivity contribution in [3.8, 4) is 11.9 Å². The monoisotopic (exact) mass is 324 g/mol. The van der Waals surface area contributed by atoms with Crippen LogP contribution < -0.4 is 21.3 Å². The molecule has 1 aromatic carbocycles. The third-order valence-corrected chi connectivity index (χ3v) is 4.10. The Morgan fingerprint density at radius 3 is 2.67 bits per heavy atom. The Bertz CT molecular complexity index is 1100. The lowest BCUT2D eigenvalue weighted by Gasteiger charge is -2.31. The molecule has 0 fully saturated rings. The van der Waals surface area contributed by atoms with Crippen molar-refractivity contribution in [2.75, 3.05) is 5.32 Å². The summed E-state index contributed by atoms with van der Waals surface area (Å²) in [5.41, 5.74) is -3.66. The summed E-state index contributed by atoms with van der Waals surface area (Å²) < 4.78 is 5.00. The molecule has 2 aromatic rings. The fourth-order valence-corrected chi connectivity index (χ4v) is 3.20. The summed E-state index contributed by atoms with van der Waals surface area (Å²) in [6, 6.07) is 8.19. The molecule has 1 unspecified atom stereocenters. The van der Waals surface area contributed by atoms with Gasteiger partial charge < -0.3 is 15.2 Å². The molecule has 3 heterocycles. The van der Waals surface area contributed by atoms with Crippen LogP contribution in [0.4, 0.5) is 5.69 Å². The molecule has 4 N–H and O–H groups in total. The first kappa shape index (κ1) is 13.8. The maximum Gasteiger partial charge on any atom is 0.328 e.